The van der Waals surface area contributed by atoms with Gasteiger partial charge in [0.2, 0.25) is 11.9 Å². The highest BCUT2D eigenvalue weighted by Crippen LogP contribution is 2.32. The molecule has 1 saturated carbocycles. The quantitative estimate of drug-likeness (QED) is 0.479. The molecule has 0 aromatic heterocycles. The lowest BCUT2D eigenvalue weighted by Crippen LogP contribution is -2.33. The molecule has 1 aliphatic rings. The van der Waals surface area contributed by atoms with Crippen LogP contribution in [-0.4, -0.2) is 22.9 Å². The highest BCUT2D eigenvalue weighted by molar-refractivity contribution is 5.82. The van der Waals surface area contributed by atoms with Crippen LogP contribution in [0.2, 0.25) is 0 Å². The average molecular weight is 183 g/mol. The number of carbonyl (C=O) groups is 1. The summed E-state index contributed by atoms with van der Waals surface area (Å²) in [6.07, 6.45) is 0.289. The molecule has 0 bridgehead atoms. The molecule has 1 rings (SSSR count). The van der Waals surface area contributed by atoms with Gasteiger partial charge in [0.1, 0.15) is 12.0 Å². The first-order chi connectivity index (χ1) is 6.06. The normalized spacial score (nSPS) is 27.1. The summed E-state index contributed by atoms with van der Waals surface area (Å²) in [5, 5.41) is 20.9. The third-order valence-electron chi connectivity index (χ3n) is 1.92. The zero-order chi connectivity index (χ0) is 10.0. The van der Waals surface area contributed by atoms with Crippen molar-refractivity contribution in [3.63, 3.8) is 0 Å². The van der Waals surface area contributed by atoms with E-state index in [0.717, 1.165) is 0 Å². The van der Waals surface area contributed by atoms with Gasteiger partial charge >= 0.3 is 0 Å². The molecule has 0 saturated heterocycles. The minimum absolute atomic E-state index is 0.289. The van der Waals surface area contributed by atoms with E-state index in [1.54, 1.807) is 0 Å². The van der Waals surface area contributed by atoms with Crippen LogP contribution in [0.1, 0.15) is 13.3 Å². The molecule has 6 heteroatoms. The lowest BCUT2D eigenvalue weighted by Gasteiger charge is -2.03. The molecule has 1 amide bonds. The maximum Gasteiger partial charge on any atom is 0.231 e. The van der Waals surface area contributed by atoms with Gasteiger partial charge < -0.3 is 5.32 Å². The molecule has 0 heterocycles. The van der Waals surface area contributed by atoms with Crippen molar-refractivity contribution in [2.45, 2.75) is 25.4 Å². The molecular formula is C7H9N3O3. The molecule has 3 atom stereocenters. The van der Waals surface area contributed by atoms with Crippen LogP contribution in [0.5, 0.6) is 0 Å². The summed E-state index contributed by atoms with van der Waals surface area (Å²) in [4.78, 5) is 20.9. The van der Waals surface area contributed by atoms with Gasteiger partial charge in [0.15, 0.2) is 0 Å². The highest BCUT2D eigenvalue weighted by Gasteiger charge is 2.53. The van der Waals surface area contributed by atoms with E-state index in [9.17, 15) is 14.9 Å². The summed E-state index contributed by atoms with van der Waals surface area (Å²) in [5.41, 5.74) is 0. The zero-order valence-electron chi connectivity index (χ0n) is 7.06. The molecule has 0 spiro atoms. The van der Waals surface area contributed by atoms with Crippen molar-refractivity contribution >= 4 is 5.91 Å². The summed E-state index contributed by atoms with van der Waals surface area (Å²) in [6.45, 7) is 1.53. The summed E-state index contributed by atoms with van der Waals surface area (Å²) in [7, 11) is 0. The number of nitrogens with zero attached hydrogens (tertiary/aromatic N) is 2. The zero-order valence-corrected chi connectivity index (χ0v) is 7.06. The molecular weight excluding hydrogens is 174 g/mol. The van der Waals surface area contributed by atoms with E-state index in [0.29, 0.717) is 0 Å². The fraction of sp³-hybridized carbons (Fsp3) is 0.714. The fourth-order valence-electron chi connectivity index (χ4n) is 1.05. The Morgan fingerprint density at radius 1 is 1.85 bits per heavy atom. The van der Waals surface area contributed by atoms with E-state index in [-0.39, 0.29) is 6.42 Å². The van der Waals surface area contributed by atoms with E-state index < -0.39 is 28.8 Å². The Kier molecular flexibility index (Phi) is 2.46. The van der Waals surface area contributed by atoms with Crippen LogP contribution >= 0.6 is 0 Å². The summed E-state index contributed by atoms with van der Waals surface area (Å²) < 4.78 is 0. The van der Waals surface area contributed by atoms with Crippen LogP contribution in [0, 0.1) is 27.4 Å². The fourth-order valence-corrected chi connectivity index (χ4v) is 1.05. The molecule has 1 aliphatic carbocycles. The molecule has 1 N–H and O–H groups in total. The first-order valence-electron chi connectivity index (χ1n) is 3.89. The minimum Gasteiger partial charge on any atom is -0.340 e. The van der Waals surface area contributed by atoms with Crippen molar-refractivity contribution < 1.29 is 9.72 Å². The van der Waals surface area contributed by atoms with Gasteiger partial charge in [0.25, 0.3) is 0 Å². The van der Waals surface area contributed by atoms with Gasteiger partial charge in [-0.15, -0.1) is 0 Å². The van der Waals surface area contributed by atoms with E-state index in [2.05, 4.69) is 5.32 Å². The first kappa shape index (κ1) is 9.45. The molecule has 0 aromatic carbocycles. The number of hydrogen-bond donors (Lipinski definition) is 1. The van der Waals surface area contributed by atoms with Gasteiger partial charge in [0.05, 0.1) is 6.07 Å². The Bertz CT molecular complexity index is 283. The van der Waals surface area contributed by atoms with Gasteiger partial charge in [-0.1, -0.05) is 0 Å². The summed E-state index contributed by atoms with van der Waals surface area (Å²) in [5.74, 6) is -0.929. The van der Waals surface area contributed by atoms with Crippen molar-refractivity contribution in [2.75, 3.05) is 0 Å². The van der Waals surface area contributed by atoms with Crippen LogP contribution in [0.15, 0.2) is 0 Å². The van der Waals surface area contributed by atoms with Crippen molar-refractivity contribution in [3.8, 4) is 6.07 Å². The Balaban J connectivity index is 2.37. The van der Waals surface area contributed by atoms with Gasteiger partial charge in [0, 0.05) is 11.3 Å². The van der Waals surface area contributed by atoms with Crippen molar-refractivity contribution in [1.29, 1.82) is 5.26 Å². The maximum atomic E-state index is 11.1. The first-order valence-corrected chi connectivity index (χ1v) is 3.89. The summed E-state index contributed by atoms with van der Waals surface area (Å²) >= 11 is 0. The van der Waals surface area contributed by atoms with E-state index in [4.69, 9.17) is 5.26 Å². The SMILES string of the molecule is C[C@@H](C#N)NC(=O)C1CC1[N+](=O)[O-]. The third-order valence-corrected chi connectivity index (χ3v) is 1.92. The van der Waals surface area contributed by atoms with Crippen LogP contribution in [0.4, 0.5) is 0 Å². The highest BCUT2D eigenvalue weighted by atomic mass is 16.6. The largest absolute Gasteiger partial charge is 0.340 e. The van der Waals surface area contributed by atoms with E-state index >= 15 is 0 Å². The van der Waals surface area contributed by atoms with Crippen LogP contribution in [-0.2, 0) is 4.79 Å². The smallest absolute Gasteiger partial charge is 0.231 e. The molecule has 0 aliphatic heterocycles. The van der Waals surface area contributed by atoms with Crippen LogP contribution in [0.3, 0.4) is 0 Å². The van der Waals surface area contributed by atoms with Crippen LogP contribution < -0.4 is 5.32 Å². The molecule has 2 unspecified atom stereocenters. The maximum absolute atomic E-state index is 11.1. The number of nitrogens with one attached hydrogen (secondary N) is 1. The second-order valence-corrected chi connectivity index (χ2v) is 3.05. The molecule has 13 heavy (non-hydrogen) atoms. The summed E-state index contributed by atoms with van der Waals surface area (Å²) in [6, 6.07) is 0.493. The second-order valence-electron chi connectivity index (χ2n) is 3.05. The molecule has 0 aromatic rings. The molecule has 0 radical (unpaired) electrons. The minimum atomic E-state index is -0.745. The molecule has 70 valence electrons. The van der Waals surface area contributed by atoms with Gasteiger partial charge in [-0.2, -0.15) is 5.26 Å². The lowest BCUT2D eigenvalue weighted by atomic mass is 10.3. The number of nitriles is 1. The number of nitro groups is 1. The van der Waals surface area contributed by atoms with Crippen LogP contribution in [0.25, 0.3) is 0 Å². The standard InChI is InChI=1S/C7H9N3O3/c1-4(3-8)9-7(11)5-2-6(5)10(12)13/h4-6H,2H2,1H3,(H,9,11)/t4-,5?,6?/m0/s1. The van der Waals surface area contributed by atoms with Crippen molar-refractivity contribution in [1.82, 2.24) is 5.32 Å². The Morgan fingerprint density at radius 3 is 2.85 bits per heavy atom. The lowest BCUT2D eigenvalue weighted by molar-refractivity contribution is -0.497. The van der Waals surface area contributed by atoms with Gasteiger partial charge in [-0.05, 0) is 6.92 Å². The Morgan fingerprint density at radius 2 is 2.46 bits per heavy atom. The van der Waals surface area contributed by atoms with Gasteiger partial charge in [-0.25, -0.2) is 0 Å². The number of rotatable bonds is 3. The van der Waals surface area contributed by atoms with Crippen molar-refractivity contribution in [3.05, 3.63) is 10.1 Å². The Labute approximate surface area is 74.7 Å². The molecule has 1 fully saturated rings. The Hall–Kier alpha value is -1.64. The second kappa shape index (κ2) is 3.39. The average Bonchev–Trinajstić information content (AvgIpc) is 2.82. The number of hydrogen-bond acceptors (Lipinski definition) is 4. The molecule has 6 nitrogen and oxygen atoms in total. The van der Waals surface area contributed by atoms with Crippen molar-refractivity contribution in [2.24, 2.45) is 5.92 Å². The monoisotopic (exact) mass is 183 g/mol. The topological polar surface area (TPSA) is 96.0 Å². The van der Waals surface area contributed by atoms with Gasteiger partial charge in [-0.3, -0.25) is 14.9 Å². The van der Waals surface area contributed by atoms with E-state index in [1.807, 2.05) is 6.07 Å². The van der Waals surface area contributed by atoms with E-state index in [1.165, 1.54) is 6.92 Å². The predicted octanol–water partition coefficient (Wildman–Crippen LogP) is -0.320. The third kappa shape index (κ3) is 2.15. The number of carbonyl (C=O) groups excluding carboxylic acids is 1. The predicted molar refractivity (Wildman–Crippen MR) is 42.1 cm³/mol. The number of amides is 1.